The van der Waals surface area contributed by atoms with Crippen LogP contribution in [0.2, 0.25) is 0 Å². The first kappa shape index (κ1) is 16.2. The Balaban J connectivity index is 3.16. The summed E-state index contributed by atoms with van der Waals surface area (Å²) in [4.78, 5) is 11.0. The van der Waals surface area contributed by atoms with Crippen LogP contribution in [0.15, 0.2) is 17.0 Å². The third-order valence-corrected chi connectivity index (χ3v) is 3.00. The Kier molecular flexibility index (Phi) is 5.27. The minimum atomic E-state index is -4.57. The molecule has 1 aromatic carbocycles. The number of phenolic OH excluding ortho intramolecular Hbond substituents is 1. The number of hydrogen-bond acceptors (Lipinski definition) is 5. The second-order valence-corrected chi connectivity index (χ2v) is 4.73. The maximum absolute atomic E-state index is 12.4. The van der Waals surface area contributed by atoms with Gasteiger partial charge in [-0.05, 0) is 36.4 Å². The number of benzene rings is 1. The van der Waals surface area contributed by atoms with Crippen LogP contribution in [0, 0.1) is 11.3 Å². The quantitative estimate of drug-likeness (QED) is 0.684. The minimum Gasteiger partial charge on any atom is -0.507 e. The lowest BCUT2D eigenvalue weighted by atomic mass is 10.1. The van der Waals surface area contributed by atoms with Crippen molar-refractivity contribution in [3.63, 3.8) is 0 Å². The average molecular weight is 305 g/mol. The number of hydrogen-bond donors (Lipinski definition) is 1. The number of carbonyl (C=O) groups excluding carboxylic acids is 1. The van der Waals surface area contributed by atoms with Crippen molar-refractivity contribution in [2.75, 3.05) is 6.61 Å². The van der Waals surface area contributed by atoms with Gasteiger partial charge in [-0.15, -0.1) is 0 Å². The van der Waals surface area contributed by atoms with Gasteiger partial charge in [0, 0.05) is 4.90 Å². The summed E-state index contributed by atoms with van der Waals surface area (Å²) in [7, 11) is 0. The molecule has 0 amide bonds. The summed E-state index contributed by atoms with van der Waals surface area (Å²) in [6, 6.07) is 3.52. The van der Waals surface area contributed by atoms with Crippen LogP contribution in [-0.4, -0.2) is 23.2 Å². The molecule has 0 unspecified atom stereocenters. The van der Waals surface area contributed by atoms with E-state index in [4.69, 9.17) is 5.26 Å². The zero-order chi connectivity index (χ0) is 15.3. The van der Waals surface area contributed by atoms with Gasteiger partial charge in [-0.1, -0.05) is 0 Å². The number of thioether (sulfide) groups is 1. The Morgan fingerprint density at radius 1 is 1.50 bits per heavy atom. The third kappa shape index (κ3) is 4.66. The maximum atomic E-state index is 12.4. The van der Waals surface area contributed by atoms with Gasteiger partial charge in [-0.2, -0.15) is 18.4 Å². The first-order chi connectivity index (χ1) is 9.26. The van der Waals surface area contributed by atoms with Crippen LogP contribution < -0.4 is 0 Å². The maximum Gasteiger partial charge on any atom is 0.446 e. The van der Waals surface area contributed by atoms with Crippen LogP contribution in [0.4, 0.5) is 13.2 Å². The van der Waals surface area contributed by atoms with Crippen LogP contribution >= 0.6 is 11.8 Å². The summed E-state index contributed by atoms with van der Waals surface area (Å²) in [5.74, 6) is -1.27. The van der Waals surface area contributed by atoms with Crippen molar-refractivity contribution in [3.8, 4) is 11.8 Å². The van der Waals surface area contributed by atoms with Crippen molar-refractivity contribution in [1.29, 1.82) is 5.26 Å². The highest BCUT2D eigenvalue weighted by atomic mass is 32.2. The molecule has 0 heterocycles. The highest BCUT2D eigenvalue weighted by Crippen LogP contribution is 2.40. The number of esters is 1. The third-order valence-electron chi connectivity index (χ3n) is 2.17. The Bertz CT molecular complexity index is 552. The predicted molar refractivity (Wildman–Crippen MR) is 65.1 cm³/mol. The SMILES string of the molecule is CCOC(=O)Cc1cc(C#N)c(O)cc1SC(F)(F)F. The summed E-state index contributed by atoms with van der Waals surface area (Å²) in [5, 5.41) is 18.2. The van der Waals surface area contributed by atoms with Crippen molar-refractivity contribution in [2.45, 2.75) is 23.7 Å². The second-order valence-electron chi connectivity index (χ2n) is 3.62. The molecular formula is C12H10F3NO3S. The molecule has 108 valence electrons. The Morgan fingerprint density at radius 2 is 2.15 bits per heavy atom. The highest BCUT2D eigenvalue weighted by Gasteiger charge is 2.31. The standard InChI is InChI=1S/C12H10F3NO3S/c1-2-19-11(18)4-7-3-8(6-16)9(17)5-10(7)20-12(13,14)15/h3,5,17H,2,4H2,1H3. The van der Waals surface area contributed by atoms with Crippen LogP contribution in [-0.2, 0) is 16.0 Å². The van der Waals surface area contributed by atoms with E-state index < -0.39 is 35.4 Å². The number of aromatic hydroxyl groups is 1. The van der Waals surface area contributed by atoms with Gasteiger partial charge < -0.3 is 9.84 Å². The molecule has 8 heteroatoms. The molecule has 1 rings (SSSR count). The van der Waals surface area contributed by atoms with Crippen LogP contribution in [0.25, 0.3) is 0 Å². The molecule has 0 aliphatic rings. The molecule has 0 radical (unpaired) electrons. The number of rotatable bonds is 4. The van der Waals surface area contributed by atoms with Gasteiger partial charge in [0.25, 0.3) is 0 Å². The molecule has 0 aromatic heterocycles. The van der Waals surface area contributed by atoms with Crippen LogP contribution in [0.3, 0.4) is 0 Å². The van der Waals surface area contributed by atoms with Gasteiger partial charge in [0.2, 0.25) is 0 Å². The van der Waals surface area contributed by atoms with E-state index in [0.717, 1.165) is 12.1 Å². The van der Waals surface area contributed by atoms with E-state index in [-0.39, 0.29) is 22.6 Å². The lowest BCUT2D eigenvalue weighted by Crippen LogP contribution is -2.10. The fourth-order valence-corrected chi connectivity index (χ4v) is 2.11. The van der Waals surface area contributed by atoms with E-state index in [1.165, 1.54) is 0 Å². The van der Waals surface area contributed by atoms with Crippen molar-refractivity contribution < 1.29 is 27.8 Å². The van der Waals surface area contributed by atoms with E-state index in [2.05, 4.69) is 4.74 Å². The molecular weight excluding hydrogens is 295 g/mol. The predicted octanol–water partition coefficient (Wildman–Crippen LogP) is 2.98. The van der Waals surface area contributed by atoms with E-state index in [1.807, 2.05) is 0 Å². The molecule has 0 atom stereocenters. The van der Waals surface area contributed by atoms with Gasteiger partial charge in [-0.25, -0.2) is 0 Å². The second kappa shape index (κ2) is 6.52. The highest BCUT2D eigenvalue weighted by molar-refractivity contribution is 8.00. The van der Waals surface area contributed by atoms with Crippen molar-refractivity contribution in [1.82, 2.24) is 0 Å². The number of nitrogens with zero attached hydrogens (tertiary/aromatic N) is 1. The van der Waals surface area contributed by atoms with Gasteiger partial charge in [0.15, 0.2) is 0 Å². The van der Waals surface area contributed by atoms with E-state index in [1.54, 1.807) is 13.0 Å². The molecule has 0 aliphatic heterocycles. The fourth-order valence-electron chi connectivity index (χ4n) is 1.43. The molecule has 0 saturated heterocycles. The van der Waals surface area contributed by atoms with Crippen molar-refractivity contribution >= 4 is 17.7 Å². The van der Waals surface area contributed by atoms with Crippen LogP contribution in [0.1, 0.15) is 18.1 Å². The van der Waals surface area contributed by atoms with Crippen molar-refractivity contribution in [2.24, 2.45) is 0 Å². The molecule has 1 aromatic rings. The summed E-state index contributed by atoms with van der Waals surface area (Å²) in [6.07, 6.45) is -0.402. The molecule has 0 saturated carbocycles. The Morgan fingerprint density at radius 3 is 2.65 bits per heavy atom. The molecule has 0 bridgehead atoms. The number of halogens is 3. The van der Waals surface area contributed by atoms with Gasteiger partial charge >= 0.3 is 11.5 Å². The first-order valence-corrected chi connectivity index (χ1v) is 6.25. The van der Waals surface area contributed by atoms with E-state index in [9.17, 15) is 23.1 Å². The van der Waals surface area contributed by atoms with Gasteiger partial charge in [0.05, 0.1) is 18.6 Å². The zero-order valence-electron chi connectivity index (χ0n) is 10.3. The van der Waals surface area contributed by atoms with Crippen molar-refractivity contribution in [3.05, 3.63) is 23.3 Å². The lowest BCUT2D eigenvalue weighted by molar-refractivity contribution is -0.142. The van der Waals surface area contributed by atoms with Crippen LogP contribution in [0.5, 0.6) is 5.75 Å². The lowest BCUT2D eigenvalue weighted by Gasteiger charge is -2.12. The average Bonchev–Trinajstić information content (AvgIpc) is 2.30. The summed E-state index contributed by atoms with van der Waals surface area (Å²) in [5.41, 5.74) is -4.78. The number of ether oxygens (including phenoxy) is 1. The summed E-state index contributed by atoms with van der Waals surface area (Å²) >= 11 is -0.456. The molecule has 1 N–H and O–H groups in total. The monoisotopic (exact) mass is 305 g/mol. The Labute approximate surface area is 117 Å². The van der Waals surface area contributed by atoms with Gasteiger partial charge in [0.1, 0.15) is 11.8 Å². The molecule has 0 fully saturated rings. The summed E-state index contributed by atoms with van der Waals surface area (Å²) in [6.45, 7) is 1.67. The minimum absolute atomic E-state index is 0.0138. The normalized spacial score (nSPS) is 10.9. The summed E-state index contributed by atoms with van der Waals surface area (Å²) < 4.78 is 41.9. The Hall–Kier alpha value is -1.88. The number of carbonyl (C=O) groups is 1. The molecule has 20 heavy (non-hydrogen) atoms. The zero-order valence-corrected chi connectivity index (χ0v) is 11.1. The smallest absolute Gasteiger partial charge is 0.446 e. The number of nitriles is 1. The van der Waals surface area contributed by atoms with Gasteiger partial charge in [-0.3, -0.25) is 4.79 Å². The largest absolute Gasteiger partial charge is 0.507 e. The molecule has 0 spiro atoms. The van der Waals surface area contributed by atoms with E-state index >= 15 is 0 Å². The fraction of sp³-hybridized carbons (Fsp3) is 0.333. The van der Waals surface area contributed by atoms with E-state index in [0.29, 0.717) is 0 Å². The molecule has 4 nitrogen and oxygen atoms in total. The number of alkyl halides is 3. The molecule has 0 aliphatic carbocycles. The first-order valence-electron chi connectivity index (χ1n) is 5.44. The number of phenols is 1. The topological polar surface area (TPSA) is 70.3 Å².